The summed E-state index contributed by atoms with van der Waals surface area (Å²) in [6, 6.07) is 6.16. The van der Waals surface area contributed by atoms with Gasteiger partial charge in [-0.05, 0) is 42.4 Å². The van der Waals surface area contributed by atoms with Crippen LogP contribution in [0.25, 0.3) is 0 Å². The van der Waals surface area contributed by atoms with Gasteiger partial charge < -0.3 is 5.11 Å². The predicted octanol–water partition coefficient (Wildman–Crippen LogP) is 2.50. The molecule has 0 aromatic heterocycles. The van der Waals surface area contributed by atoms with Crippen LogP contribution in [0.2, 0.25) is 0 Å². The molecule has 0 unspecified atom stereocenters. The number of benzene rings is 1. The second-order valence-corrected chi connectivity index (χ2v) is 4.03. The van der Waals surface area contributed by atoms with Crippen molar-refractivity contribution in [2.75, 3.05) is 0 Å². The number of carbonyl (C=O) groups is 1. The number of aryl methyl sites for hydroxylation is 1. The minimum atomic E-state index is -0.757. The lowest BCUT2D eigenvalue weighted by Gasteiger charge is -2.05. The SMILES string of the molecule is Cc1cc(C2CC2)ccc1CC(=O)O. The molecule has 2 nitrogen and oxygen atoms in total. The van der Waals surface area contributed by atoms with Crippen LogP contribution in [0.1, 0.15) is 35.4 Å². The maximum absolute atomic E-state index is 10.6. The van der Waals surface area contributed by atoms with Crippen molar-refractivity contribution in [1.82, 2.24) is 0 Å². The lowest BCUT2D eigenvalue weighted by molar-refractivity contribution is -0.136. The van der Waals surface area contributed by atoms with Gasteiger partial charge in [-0.2, -0.15) is 0 Å². The molecule has 1 aliphatic carbocycles. The average molecular weight is 190 g/mol. The maximum atomic E-state index is 10.6. The standard InChI is InChI=1S/C12H14O2/c1-8-6-11(9-2-3-9)5-4-10(8)7-12(13)14/h4-6,9H,2-3,7H2,1H3,(H,13,14). The number of hydrogen-bond acceptors (Lipinski definition) is 1. The van der Waals surface area contributed by atoms with Crippen LogP contribution in [-0.4, -0.2) is 11.1 Å². The molecule has 1 fully saturated rings. The first-order valence-electron chi connectivity index (χ1n) is 4.98. The van der Waals surface area contributed by atoms with Gasteiger partial charge in [-0.3, -0.25) is 4.79 Å². The van der Waals surface area contributed by atoms with Gasteiger partial charge in [0.05, 0.1) is 6.42 Å². The van der Waals surface area contributed by atoms with E-state index in [4.69, 9.17) is 5.11 Å². The summed E-state index contributed by atoms with van der Waals surface area (Å²) in [6.45, 7) is 1.99. The monoisotopic (exact) mass is 190 g/mol. The van der Waals surface area contributed by atoms with E-state index in [9.17, 15) is 4.79 Å². The Balaban J connectivity index is 2.21. The van der Waals surface area contributed by atoms with Gasteiger partial charge in [-0.25, -0.2) is 0 Å². The van der Waals surface area contributed by atoms with E-state index < -0.39 is 5.97 Å². The van der Waals surface area contributed by atoms with Gasteiger partial charge in [0.15, 0.2) is 0 Å². The van der Waals surface area contributed by atoms with Crippen LogP contribution < -0.4 is 0 Å². The van der Waals surface area contributed by atoms with Crippen LogP contribution >= 0.6 is 0 Å². The van der Waals surface area contributed by atoms with E-state index in [-0.39, 0.29) is 6.42 Å². The van der Waals surface area contributed by atoms with E-state index in [1.54, 1.807) is 0 Å². The summed E-state index contributed by atoms with van der Waals surface area (Å²) >= 11 is 0. The van der Waals surface area contributed by atoms with E-state index in [2.05, 4.69) is 12.1 Å². The minimum absolute atomic E-state index is 0.136. The molecule has 1 aromatic rings. The lowest BCUT2D eigenvalue weighted by atomic mass is 10.0. The molecule has 14 heavy (non-hydrogen) atoms. The third-order valence-electron chi connectivity index (χ3n) is 2.76. The first-order chi connectivity index (χ1) is 6.66. The van der Waals surface area contributed by atoms with Crippen molar-refractivity contribution >= 4 is 5.97 Å². The molecular weight excluding hydrogens is 176 g/mol. The smallest absolute Gasteiger partial charge is 0.307 e. The zero-order valence-electron chi connectivity index (χ0n) is 8.29. The van der Waals surface area contributed by atoms with Crippen molar-refractivity contribution < 1.29 is 9.90 Å². The molecule has 0 atom stereocenters. The molecule has 0 bridgehead atoms. The molecule has 1 aromatic carbocycles. The van der Waals surface area contributed by atoms with Gasteiger partial charge in [0, 0.05) is 0 Å². The van der Waals surface area contributed by atoms with Crippen molar-refractivity contribution in [3.8, 4) is 0 Å². The molecule has 2 rings (SSSR count). The molecule has 1 saturated carbocycles. The predicted molar refractivity (Wildman–Crippen MR) is 54.5 cm³/mol. The highest BCUT2D eigenvalue weighted by Crippen LogP contribution is 2.40. The molecule has 2 heteroatoms. The number of rotatable bonds is 3. The first kappa shape index (κ1) is 9.25. The molecule has 0 aliphatic heterocycles. The first-order valence-corrected chi connectivity index (χ1v) is 4.98. The normalized spacial score (nSPS) is 15.5. The minimum Gasteiger partial charge on any atom is -0.481 e. The lowest BCUT2D eigenvalue weighted by Crippen LogP contribution is -2.02. The average Bonchev–Trinajstić information content (AvgIpc) is 2.90. The van der Waals surface area contributed by atoms with Crippen molar-refractivity contribution in [3.05, 3.63) is 34.9 Å². The van der Waals surface area contributed by atoms with Crippen molar-refractivity contribution in [3.63, 3.8) is 0 Å². The Bertz CT molecular complexity index is 365. The van der Waals surface area contributed by atoms with Gasteiger partial charge in [-0.15, -0.1) is 0 Å². The van der Waals surface area contributed by atoms with E-state index >= 15 is 0 Å². The largest absolute Gasteiger partial charge is 0.481 e. The number of carboxylic acid groups (broad SMARTS) is 1. The molecule has 0 saturated heterocycles. The molecule has 0 heterocycles. The van der Waals surface area contributed by atoms with Gasteiger partial charge >= 0.3 is 5.97 Å². The Kier molecular flexibility index (Phi) is 2.28. The topological polar surface area (TPSA) is 37.3 Å². The van der Waals surface area contributed by atoms with Crippen molar-refractivity contribution in [2.24, 2.45) is 0 Å². The van der Waals surface area contributed by atoms with E-state index in [0.717, 1.165) is 17.0 Å². The van der Waals surface area contributed by atoms with Gasteiger partial charge in [0.25, 0.3) is 0 Å². The summed E-state index contributed by atoms with van der Waals surface area (Å²) in [4.78, 5) is 10.6. The Morgan fingerprint density at radius 2 is 2.21 bits per heavy atom. The molecular formula is C12H14O2. The third kappa shape index (κ3) is 1.95. The molecule has 1 aliphatic rings. The fraction of sp³-hybridized carbons (Fsp3) is 0.417. The fourth-order valence-electron chi connectivity index (χ4n) is 1.75. The van der Waals surface area contributed by atoms with Crippen LogP contribution in [0.5, 0.6) is 0 Å². The molecule has 0 amide bonds. The molecule has 1 N–H and O–H groups in total. The van der Waals surface area contributed by atoms with Crippen LogP contribution in [0.15, 0.2) is 18.2 Å². The van der Waals surface area contributed by atoms with Gasteiger partial charge in [0.2, 0.25) is 0 Å². The van der Waals surface area contributed by atoms with Crippen LogP contribution in [0.3, 0.4) is 0 Å². The Labute approximate surface area is 83.6 Å². The highest BCUT2D eigenvalue weighted by Gasteiger charge is 2.23. The summed E-state index contributed by atoms with van der Waals surface area (Å²) in [5, 5.41) is 8.68. The third-order valence-corrected chi connectivity index (χ3v) is 2.76. The molecule has 74 valence electrons. The Hall–Kier alpha value is -1.31. The second kappa shape index (κ2) is 3.45. The summed E-state index contributed by atoms with van der Waals surface area (Å²) < 4.78 is 0. The van der Waals surface area contributed by atoms with Crippen molar-refractivity contribution in [1.29, 1.82) is 0 Å². The highest BCUT2D eigenvalue weighted by atomic mass is 16.4. The van der Waals surface area contributed by atoms with E-state index in [1.807, 2.05) is 13.0 Å². The Morgan fingerprint density at radius 1 is 1.50 bits per heavy atom. The number of hydrogen-bond donors (Lipinski definition) is 1. The summed E-state index contributed by atoms with van der Waals surface area (Å²) in [5.74, 6) is -0.0140. The number of aliphatic carboxylic acids is 1. The summed E-state index contributed by atoms with van der Waals surface area (Å²) in [6.07, 6.45) is 2.71. The second-order valence-electron chi connectivity index (χ2n) is 4.03. The van der Waals surface area contributed by atoms with Crippen LogP contribution in [-0.2, 0) is 11.2 Å². The highest BCUT2D eigenvalue weighted by molar-refractivity contribution is 5.70. The quantitative estimate of drug-likeness (QED) is 0.795. The van der Waals surface area contributed by atoms with Crippen LogP contribution in [0.4, 0.5) is 0 Å². The van der Waals surface area contributed by atoms with Gasteiger partial charge in [0.1, 0.15) is 0 Å². The summed E-state index contributed by atoms with van der Waals surface area (Å²) in [5.41, 5.74) is 3.41. The van der Waals surface area contributed by atoms with E-state index in [1.165, 1.54) is 18.4 Å². The molecule has 0 spiro atoms. The molecule has 0 radical (unpaired) electrons. The van der Waals surface area contributed by atoms with E-state index in [0.29, 0.717) is 0 Å². The number of carboxylic acids is 1. The van der Waals surface area contributed by atoms with Gasteiger partial charge in [-0.1, -0.05) is 18.2 Å². The van der Waals surface area contributed by atoms with Crippen LogP contribution in [0, 0.1) is 6.92 Å². The zero-order valence-corrected chi connectivity index (χ0v) is 8.29. The van der Waals surface area contributed by atoms with Crippen molar-refractivity contribution in [2.45, 2.75) is 32.1 Å². The summed E-state index contributed by atoms with van der Waals surface area (Å²) in [7, 11) is 0. The fourth-order valence-corrected chi connectivity index (χ4v) is 1.75. The zero-order chi connectivity index (χ0) is 10.1. The maximum Gasteiger partial charge on any atom is 0.307 e. The Morgan fingerprint density at radius 3 is 2.71 bits per heavy atom.